The molecule has 3 heterocycles. The van der Waals surface area contributed by atoms with Crippen LogP contribution in [-0.4, -0.2) is 40.7 Å². The monoisotopic (exact) mass is 411 g/mol. The summed E-state index contributed by atoms with van der Waals surface area (Å²) in [5.41, 5.74) is 2.47. The summed E-state index contributed by atoms with van der Waals surface area (Å²) in [6.07, 6.45) is 3.91. The maximum atomic E-state index is 11.3. The molecule has 148 valence electrons. The van der Waals surface area contributed by atoms with Crippen LogP contribution in [0.1, 0.15) is 37.4 Å². The highest BCUT2D eigenvalue weighted by molar-refractivity contribution is 6.35. The number of nitrogens with zero attached hydrogens (tertiary/aromatic N) is 4. The molecule has 29 heavy (non-hydrogen) atoms. The van der Waals surface area contributed by atoms with Gasteiger partial charge in [-0.2, -0.15) is 10.1 Å². The third kappa shape index (κ3) is 2.91. The molecule has 0 saturated heterocycles. The SMILES string of the molecule is O=C(O)[C@H]1CC[C@H](c2nc(-c3cc4cccc(Cl)c4[nH]3)c3c(O)ncnn32)CC1. The van der Waals surface area contributed by atoms with Gasteiger partial charge in [0.05, 0.1) is 22.2 Å². The number of aromatic hydroxyl groups is 1. The van der Waals surface area contributed by atoms with E-state index >= 15 is 0 Å². The lowest BCUT2D eigenvalue weighted by Gasteiger charge is -2.24. The van der Waals surface area contributed by atoms with Crippen LogP contribution >= 0.6 is 11.6 Å². The van der Waals surface area contributed by atoms with Crippen molar-refractivity contribution in [3.8, 4) is 17.3 Å². The molecule has 1 saturated carbocycles. The van der Waals surface area contributed by atoms with Gasteiger partial charge in [0.25, 0.3) is 0 Å². The van der Waals surface area contributed by atoms with Gasteiger partial charge in [0.1, 0.15) is 17.8 Å². The second kappa shape index (κ2) is 6.73. The number of aromatic nitrogens is 5. The van der Waals surface area contributed by atoms with Crippen molar-refractivity contribution in [2.45, 2.75) is 31.6 Å². The molecule has 1 aliphatic carbocycles. The predicted molar refractivity (Wildman–Crippen MR) is 107 cm³/mol. The number of fused-ring (bicyclic) bond motifs is 2. The summed E-state index contributed by atoms with van der Waals surface area (Å²) < 4.78 is 1.62. The van der Waals surface area contributed by atoms with Gasteiger partial charge in [0.15, 0.2) is 5.52 Å². The van der Waals surface area contributed by atoms with E-state index in [0.29, 0.717) is 53.4 Å². The molecule has 1 fully saturated rings. The first-order valence-corrected chi connectivity index (χ1v) is 9.83. The fourth-order valence-corrected chi connectivity index (χ4v) is 4.47. The molecule has 1 aromatic carbocycles. The molecular weight excluding hydrogens is 394 g/mol. The molecule has 0 atom stereocenters. The van der Waals surface area contributed by atoms with E-state index in [1.54, 1.807) is 4.52 Å². The highest BCUT2D eigenvalue weighted by atomic mass is 35.5. The van der Waals surface area contributed by atoms with Gasteiger partial charge in [-0.05, 0) is 37.8 Å². The minimum absolute atomic E-state index is 0.0640. The van der Waals surface area contributed by atoms with Crippen molar-refractivity contribution in [3.05, 3.63) is 41.4 Å². The highest BCUT2D eigenvalue weighted by Gasteiger charge is 2.31. The van der Waals surface area contributed by atoms with Crippen LogP contribution in [0.3, 0.4) is 0 Å². The number of benzene rings is 1. The zero-order valence-electron chi connectivity index (χ0n) is 15.3. The number of hydrogen-bond donors (Lipinski definition) is 3. The number of para-hydroxylation sites is 1. The van der Waals surface area contributed by atoms with E-state index in [2.05, 4.69) is 15.1 Å². The third-order valence-corrected chi connectivity index (χ3v) is 6.06. The second-order valence-electron chi connectivity index (χ2n) is 7.44. The first kappa shape index (κ1) is 17.9. The topological polar surface area (TPSA) is 116 Å². The lowest BCUT2D eigenvalue weighted by Crippen LogP contribution is -2.21. The number of carboxylic acids is 1. The summed E-state index contributed by atoms with van der Waals surface area (Å²) in [5.74, 6) is -0.434. The molecule has 3 N–H and O–H groups in total. The van der Waals surface area contributed by atoms with Crippen LogP contribution in [0, 0.1) is 5.92 Å². The van der Waals surface area contributed by atoms with Crippen LogP contribution in [-0.2, 0) is 4.79 Å². The average Bonchev–Trinajstić information content (AvgIpc) is 3.31. The second-order valence-corrected chi connectivity index (χ2v) is 7.84. The minimum Gasteiger partial charge on any atom is -0.492 e. The van der Waals surface area contributed by atoms with Gasteiger partial charge in [-0.25, -0.2) is 9.50 Å². The largest absolute Gasteiger partial charge is 0.492 e. The van der Waals surface area contributed by atoms with Crippen molar-refractivity contribution >= 4 is 34.0 Å². The summed E-state index contributed by atoms with van der Waals surface area (Å²) in [5, 5.41) is 25.6. The fourth-order valence-electron chi connectivity index (χ4n) is 4.24. The molecule has 0 bridgehead atoms. The number of hydrogen-bond acceptors (Lipinski definition) is 5. The van der Waals surface area contributed by atoms with Gasteiger partial charge < -0.3 is 15.2 Å². The number of H-pyrrole nitrogens is 1. The molecule has 3 aromatic heterocycles. The number of aromatic amines is 1. The standard InChI is InChI=1S/C20H18ClN5O3/c21-13-3-1-2-12-8-14(24-15(12)13)16-17-19(27)22-9-23-26(17)18(25-16)10-4-6-11(7-5-10)20(28)29/h1-3,8-11,24H,4-7H2,(H,28,29)(H,22,23,27)/t10-,11-. The summed E-state index contributed by atoms with van der Waals surface area (Å²) in [4.78, 5) is 23.3. The Labute approximate surface area is 170 Å². The molecular formula is C20H18ClN5O3. The van der Waals surface area contributed by atoms with E-state index in [-0.39, 0.29) is 17.7 Å². The van der Waals surface area contributed by atoms with Gasteiger partial charge >= 0.3 is 5.97 Å². The molecule has 0 unspecified atom stereocenters. The van der Waals surface area contributed by atoms with Crippen molar-refractivity contribution in [3.63, 3.8) is 0 Å². The number of carboxylic acid groups (broad SMARTS) is 1. The van der Waals surface area contributed by atoms with E-state index in [4.69, 9.17) is 16.6 Å². The summed E-state index contributed by atoms with van der Waals surface area (Å²) >= 11 is 6.29. The summed E-state index contributed by atoms with van der Waals surface area (Å²) in [6.45, 7) is 0. The van der Waals surface area contributed by atoms with E-state index in [1.165, 1.54) is 6.33 Å². The van der Waals surface area contributed by atoms with Crippen LogP contribution in [0.5, 0.6) is 5.88 Å². The molecule has 0 spiro atoms. The zero-order valence-corrected chi connectivity index (χ0v) is 16.1. The zero-order chi connectivity index (χ0) is 20.1. The highest BCUT2D eigenvalue weighted by Crippen LogP contribution is 2.39. The van der Waals surface area contributed by atoms with E-state index in [0.717, 1.165) is 10.9 Å². The Morgan fingerprint density at radius 2 is 2.03 bits per heavy atom. The Morgan fingerprint density at radius 1 is 1.24 bits per heavy atom. The lowest BCUT2D eigenvalue weighted by molar-refractivity contribution is -0.142. The predicted octanol–water partition coefficient (Wildman–Crippen LogP) is 3.99. The Kier molecular flexibility index (Phi) is 4.16. The summed E-state index contributed by atoms with van der Waals surface area (Å²) in [6, 6.07) is 7.56. The number of rotatable bonds is 3. The molecule has 0 aliphatic heterocycles. The first-order valence-electron chi connectivity index (χ1n) is 9.46. The Balaban J connectivity index is 1.63. The Bertz CT molecular complexity index is 1240. The molecule has 1 aliphatic rings. The number of imidazole rings is 1. The molecule has 9 heteroatoms. The van der Waals surface area contributed by atoms with Crippen LogP contribution in [0.25, 0.3) is 27.8 Å². The van der Waals surface area contributed by atoms with Gasteiger partial charge in [-0.1, -0.05) is 23.7 Å². The van der Waals surface area contributed by atoms with Crippen LogP contribution in [0.15, 0.2) is 30.6 Å². The quantitative estimate of drug-likeness (QED) is 0.469. The van der Waals surface area contributed by atoms with Crippen LogP contribution in [0.2, 0.25) is 5.02 Å². The molecule has 0 amide bonds. The number of carbonyl (C=O) groups is 1. The normalized spacial score (nSPS) is 19.8. The van der Waals surface area contributed by atoms with E-state index in [9.17, 15) is 15.0 Å². The van der Waals surface area contributed by atoms with E-state index < -0.39 is 5.97 Å². The number of halogens is 1. The van der Waals surface area contributed by atoms with Crippen molar-refractivity contribution < 1.29 is 15.0 Å². The van der Waals surface area contributed by atoms with Gasteiger partial charge in [0.2, 0.25) is 5.88 Å². The van der Waals surface area contributed by atoms with Crippen molar-refractivity contribution in [1.82, 2.24) is 24.6 Å². The average molecular weight is 412 g/mol. The van der Waals surface area contributed by atoms with Gasteiger partial charge in [0, 0.05) is 11.3 Å². The smallest absolute Gasteiger partial charge is 0.306 e. The maximum absolute atomic E-state index is 11.3. The number of nitrogens with one attached hydrogen (secondary N) is 1. The lowest BCUT2D eigenvalue weighted by atomic mass is 9.82. The fraction of sp³-hybridized carbons (Fsp3) is 0.300. The van der Waals surface area contributed by atoms with Crippen LogP contribution < -0.4 is 0 Å². The third-order valence-electron chi connectivity index (χ3n) is 5.74. The molecule has 8 nitrogen and oxygen atoms in total. The Hall–Kier alpha value is -3.13. The molecule has 0 radical (unpaired) electrons. The molecule has 5 rings (SSSR count). The van der Waals surface area contributed by atoms with E-state index in [1.807, 2.05) is 24.3 Å². The first-order chi connectivity index (χ1) is 14.0. The van der Waals surface area contributed by atoms with Crippen molar-refractivity contribution in [1.29, 1.82) is 0 Å². The van der Waals surface area contributed by atoms with Gasteiger partial charge in [-0.3, -0.25) is 4.79 Å². The van der Waals surface area contributed by atoms with Gasteiger partial charge in [-0.15, -0.1) is 0 Å². The van der Waals surface area contributed by atoms with Crippen molar-refractivity contribution in [2.75, 3.05) is 0 Å². The van der Waals surface area contributed by atoms with Crippen LogP contribution in [0.4, 0.5) is 0 Å². The molecule has 4 aromatic rings. The minimum atomic E-state index is -0.743. The summed E-state index contributed by atoms with van der Waals surface area (Å²) in [7, 11) is 0. The maximum Gasteiger partial charge on any atom is 0.306 e. The van der Waals surface area contributed by atoms with Crippen molar-refractivity contribution in [2.24, 2.45) is 5.92 Å². The Morgan fingerprint density at radius 3 is 2.76 bits per heavy atom. The number of aliphatic carboxylic acids is 1.